The van der Waals surface area contributed by atoms with Crippen LogP contribution < -0.4 is 11.5 Å². The first-order chi connectivity index (χ1) is 8.36. The fraction of sp³-hybridized carbons (Fsp3) is 0.647. The summed E-state index contributed by atoms with van der Waals surface area (Å²) in [5.74, 6) is 1.73. The second kappa shape index (κ2) is 8.21. The fourth-order valence-electron chi connectivity index (χ4n) is 3.02. The van der Waals surface area contributed by atoms with Crippen LogP contribution in [0.1, 0.15) is 51.7 Å². The Morgan fingerprint density at radius 2 is 1.32 bits per heavy atom. The third kappa shape index (κ3) is 7.22. The molecule has 0 amide bonds. The Morgan fingerprint density at radius 3 is 1.63 bits per heavy atom. The summed E-state index contributed by atoms with van der Waals surface area (Å²) in [6, 6.07) is 6.53. The number of aryl methyl sites for hydroxylation is 2. The third-order valence-corrected chi connectivity index (χ3v) is 3.46. The van der Waals surface area contributed by atoms with Gasteiger partial charge in [-0.2, -0.15) is 0 Å². The van der Waals surface area contributed by atoms with Crippen molar-refractivity contribution in [1.82, 2.24) is 0 Å². The standard InChI is InChI=1S/C8H17N.C8H11N.CH4/c2*1-6-3-7(2)5-8(9)4-6;/h6-8H,3-5,9H2,1-2H3;3-5H,9H2,1-2H3;1H4. The smallest absolute Gasteiger partial charge is 0.0319 e. The van der Waals surface area contributed by atoms with Gasteiger partial charge in [0, 0.05) is 11.7 Å². The Labute approximate surface area is 119 Å². The van der Waals surface area contributed by atoms with Gasteiger partial charge in [0.2, 0.25) is 0 Å². The molecule has 1 aliphatic rings. The molecular weight excluding hydrogens is 232 g/mol. The number of nitrogens with two attached hydrogens (primary N) is 2. The molecule has 2 unspecified atom stereocenters. The summed E-state index contributed by atoms with van der Waals surface area (Å²) in [6.07, 6.45) is 3.86. The van der Waals surface area contributed by atoms with Crippen molar-refractivity contribution in [3.8, 4) is 0 Å². The van der Waals surface area contributed by atoms with E-state index in [2.05, 4.69) is 19.9 Å². The topological polar surface area (TPSA) is 52.0 Å². The van der Waals surface area contributed by atoms with Gasteiger partial charge in [-0.05, 0) is 68.2 Å². The predicted molar refractivity (Wildman–Crippen MR) is 87.2 cm³/mol. The van der Waals surface area contributed by atoms with Gasteiger partial charge in [0.25, 0.3) is 0 Å². The molecule has 2 heteroatoms. The fourth-order valence-corrected chi connectivity index (χ4v) is 3.02. The van der Waals surface area contributed by atoms with Crippen LogP contribution in [0.15, 0.2) is 18.2 Å². The van der Waals surface area contributed by atoms with Gasteiger partial charge in [-0.25, -0.2) is 0 Å². The van der Waals surface area contributed by atoms with Crippen molar-refractivity contribution in [2.45, 2.75) is 60.4 Å². The highest BCUT2D eigenvalue weighted by molar-refractivity contribution is 5.43. The lowest BCUT2D eigenvalue weighted by atomic mass is 9.81. The molecule has 2 rings (SSSR count). The minimum atomic E-state index is 0. The molecule has 0 aromatic heterocycles. The van der Waals surface area contributed by atoms with E-state index < -0.39 is 0 Å². The summed E-state index contributed by atoms with van der Waals surface area (Å²) in [7, 11) is 0. The zero-order valence-electron chi connectivity index (χ0n) is 12.2. The van der Waals surface area contributed by atoms with Crippen LogP contribution in [0.2, 0.25) is 0 Å². The van der Waals surface area contributed by atoms with Crippen molar-refractivity contribution in [3.63, 3.8) is 0 Å². The first kappa shape index (κ1) is 18.0. The quantitative estimate of drug-likeness (QED) is 0.687. The number of hydrogen-bond acceptors (Lipinski definition) is 2. The summed E-state index contributed by atoms with van der Waals surface area (Å²) in [5, 5.41) is 0. The molecule has 1 aliphatic carbocycles. The molecule has 0 bridgehead atoms. The second-order valence-corrected chi connectivity index (χ2v) is 6.10. The zero-order valence-corrected chi connectivity index (χ0v) is 12.2. The van der Waals surface area contributed by atoms with Gasteiger partial charge < -0.3 is 11.5 Å². The molecule has 0 spiro atoms. The number of rotatable bonds is 0. The Balaban J connectivity index is 0.000000324. The normalized spacial score (nSPS) is 25.8. The van der Waals surface area contributed by atoms with E-state index in [9.17, 15) is 0 Å². The van der Waals surface area contributed by atoms with Gasteiger partial charge >= 0.3 is 0 Å². The molecule has 19 heavy (non-hydrogen) atoms. The number of hydrogen-bond donors (Lipinski definition) is 2. The SMILES string of the molecule is C.CC1CC(C)CC(N)C1.Cc1cc(C)cc(N)c1. The van der Waals surface area contributed by atoms with Crippen molar-refractivity contribution in [2.24, 2.45) is 17.6 Å². The Hall–Kier alpha value is -1.02. The minimum absolute atomic E-state index is 0. The van der Waals surface area contributed by atoms with E-state index in [1.165, 1.54) is 30.4 Å². The first-order valence-corrected chi connectivity index (χ1v) is 6.96. The molecule has 2 atom stereocenters. The minimum Gasteiger partial charge on any atom is -0.399 e. The molecule has 4 N–H and O–H groups in total. The van der Waals surface area contributed by atoms with Crippen LogP contribution in [-0.4, -0.2) is 6.04 Å². The van der Waals surface area contributed by atoms with Crippen LogP contribution in [-0.2, 0) is 0 Å². The van der Waals surface area contributed by atoms with Crippen molar-refractivity contribution < 1.29 is 0 Å². The van der Waals surface area contributed by atoms with E-state index in [4.69, 9.17) is 11.5 Å². The first-order valence-electron chi connectivity index (χ1n) is 6.96. The lowest BCUT2D eigenvalue weighted by molar-refractivity contribution is 0.269. The lowest BCUT2D eigenvalue weighted by Crippen LogP contribution is -2.30. The summed E-state index contributed by atoms with van der Waals surface area (Å²) in [4.78, 5) is 0. The summed E-state index contributed by atoms with van der Waals surface area (Å²) in [6.45, 7) is 8.69. The highest BCUT2D eigenvalue weighted by Gasteiger charge is 2.20. The van der Waals surface area contributed by atoms with Gasteiger partial charge in [-0.15, -0.1) is 0 Å². The van der Waals surface area contributed by atoms with Crippen LogP contribution in [0.25, 0.3) is 0 Å². The molecule has 1 saturated carbocycles. The highest BCUT2D eigenvalue weighted by atomic mass is 14.6. The lowest BCUT2D eigenvalue weighted by Gasteiger charge is -2.28. The zero-order chi connectivity index (χ0) is 13.7. The van der Waals surface area contributed by atoms with Crippen LogP contribution in [0.5, 0.6) is 0 Å². The molecule has 1 aromatic rings. The van der Waals surface area contributed by atoms with Crippen molar-refractivity contribution in [1.29, 1.82) is 0 Å². The number of nitrogen functional groups attached to an aromatic ring is 1. The van der Waals surface area contributed by atoms with Crippen molar-refractivity contribution in [3.05, 3.63) is 29.3 Å². The van der Waals surface area contributed by atoms with E-state index >= 15 is 0 Å². The van der Waals surface area contributed by atoms with Gasteiger partial charge in [0.1, 0.15) is 0 Å². The second-order valence-electron chi connectivity index (χ2n) is 6.10. The van der Waals surface area contributed by atoms with E-state index in [-0.39, 0.29) is 7.43 Å². The van der Waals surface area contributed by atoms with Crippen molar-refractivity contribution in [2.75, 3.05) is 5.73 Å². The molecule has 1 aromatic carbocycles. The van der Waals surface area contributed by atoms with Gasteiger partial charge in [0.15, 0.2) is 0 Å². The Kier molecular flexibility index (Phi) is 7.77. The molecule has 110 valence electrons. The molecule has 0 aliphatic heterocycles. The maximum Gasteiger partial charge on any atom is 0.0319 e. The summed E-state index contributed by atoms with van der Waals surface area (Å²) < 4.78 is 0. The van der Waals surface area contributed by atoms with Crippen molar-refractivity contribution >= 4 is 5.69 Å². The molecular formula is C17H32N2. The van der Waals surface area contributed by atoms with Crippen LogP contribution >= 0.6 is 0 Å². The average Bonchev–Trinajstić information content (AvgIpc) is 2.12. The average molecular weight is 264 g/mol. The van der Waals surface area contributed by atoms with Gasteiger partial charge in [-0.1, -0.05) is 27.3 Å². The van der Waals surface area contributed by atoms with Crippen LogP contribution in [0.3, 0.4) is 0 Å². The number of anilines is 1. The highest BCUT2D eigenvalue weighted by Crippen LogP contribution is 2.26. The maximum absolute atomic E-state index is 5.82. The largest absolute Gasteiger partial charge is 0.399 e. The predicted octanol–water partition coefficient (Wildman–Crippen LogP) is 4.29. The molecule has 0 heterocycles. The van der Waals surface area contributed by atoms with E-state index in [0.29, 0.717) is 6.04 Å². The Bertz CT molecular complexity index is 298. The summed E-state index contributed by atoms with van der Waals surface area (Å²) in [5.41, 5.74) is 14.7. The van der Waals surface area contributed by atoms with E-state index in [1.807, 2.05) is 26.0 Å². The maximum atomic E-state index is 5.82. The Morgan fingerprint density at radius 1 is 0.895 bits per heavy atom. The molecule has 0 saturated heterocycles. The van der Waals surface area contributed by atoms with Crippen LogP contribution in [0.4, 0.5) is 5.69 Å². The molecule has 2 nitrogen and oxygen atoms in total. The monoisotopic (exact) mass is 264 g/mol. The molecule has 0 radical (unpaired) electrons. The van der Waals surface area contributed by atoms with E-state index in [1.54, 1.807) is 0 Å². The number of benzene rings is 1. The van der Waals surface area contributed by atoms with Gasteiger partial charge in [0.05, 0.1) is 0 Å². The van der Waals surface area contributed by atoms with Crippen LogP contribution in [0, 0.1) is 25.7 Å². The summed E-state index contributed by atoms with van der Waals surface area (Å²) >= 11 is 0. The van der Waals surface area contributed by atoms with Gasteiger partial charge in [-0.3, -0.25) is 0 Å². The van der Waals surface area contributed by atoms with E-state index in [0.717, 1.165) is 17.5 Å². The third-order valence-electron chi connectivity index (χ3n) is 3.46. The molecule has 1 fully saturated rings.